The van der Waals surface area contributed by atoms with Crippen molar-refractivity contribution in [2.24, 2.45) is 11.8 Å². The van der Waals surface area contributed by atoms with Gasteiger partial charge in [-0.1, -0.05) is 58.4 Å². The average Bonchev–Trinajstić information content (AvgIpc) is 2.33. The van der Waals surface area contributed by atoms with Crippen molar-refractivity contribution in [3.8, 4) is 0 Å². The van der Waals surface area contributed by atoms with E-state index in [0.29, 0.717) is 0 Å². The van der Waals surface area contributed by atoms with Gasteiger partial charge in [0, 0.05) is 0 Å². The highest BCUT2D eigenvalue weighted by molar-refractivity contribution is 5.36. The predicted octanol–water partition coefficient (Wildman–Crippen LogP) is 4.96. The largest absolute Gasteiger partial charge is 0.0651 e. The first-order chi connectivity index (χ1) is 7.65. The highest BCUT2D eigenvalue weighted by atomic mass is 14.4. The van der Waals surface area contributed by atoms with E-state index < -0.39 is 0 Å². The van der Waals surface area contributed by atoms with Gasteiger partial charge in [0.1, 0.15) is 0 Å². The zero-order valence-electron chi connectivity index (χ0n) is 11.0. The van der Waals surface area contributed by atoms with Gasteiger partial charge in [-0.25, -0.2) is 0 Å². The third-order valence-corrected chi connectivity index (χ3v) is 4.70. The monoisotopic (exact) mass is 216 g/mol. The molecule has 16 heavy (non-hydrogen) atoms. The Kier molecular flexibility index (Phi) is 3.37. The first-order valence-electron chi connectivity index (χ1n) is 6.74. The fourth-order valence-corrected chi connectivity index (χ4v) is 3.12. The fourth-order valence-electron chi connectivity index (χ4n) is 3.12. The first kappa shape index (κ1) is 11.7. The Morgan fingerprint density at radius 2 is 1.81 bits per heavy atom. The van der Waals surface area contributed by atoms with Crippen LogP contribution in [0.4, 0.5) is 0 Å². The summed E-state index contributed by atoms with van der Waals surface area (Å²) in [6.45, 7) is 9.52. The number of fused-ring (bicyclic) bond motifs is 1. The van der Waals surface area contributed by atoms with E-state index in [0.717, 1.165) is 23.7 Å². The van der Waals surface area contributed by atoms with E-state index in [1.807, 2.05) is 0 Å². The van der Waals surface area contributed by atoms with Crippen molar-refractivity contribution < 1.29 is 0 Å². The first-order valence-corrected chi connectivity index (χ1v) is 6.74. The quantitative estimate of drug-likeness (QED) is 0.655. The molecule has 2 unspecified atom stereocenters. The molecule has 1 aliphatic rings. The standard InChI is InChI=1S/C16H24/c1-5-11(2)16-10-12(3)13(4)14-8-6-7-9-15(14)16/h6-9,11-13,16H,5,10H2,1-4H3/t11?,12-,13-,16?/m0/s1. The summed E-state index contributed by atoms with van der Waals surface area (Å²) in [4.78, 5) is 0. The summed E-state index contributed by atoms with van der Waals surface area (Å²) in [6.07, 6.45) is 2.66. The second kappa shape index (κ2) is 4.61. The van der Waals surface area contributed by atoms with Crippen LogP contribution in [0.5, 0.6) is 0 Å². The second-order valence-electron chi connectivity index (χ2n) is 5.62. The second-order valence-corrected chi connectivity index (χ2v) is 5.62. The molecule has 0 nitrogen and oxygen atoms in total. The van der Waals surface area contributed by atoms with E-state index in [1.165, 1.54) is 12.8 Å². The molecular weight excluding hydrogens is 192 g/mol. The van der Waals surface area contributed by atoms with E-state index in [4.69, 9.17) is 0 Å². The summed E-state index contributed by atoms with van der Waals surface area (Å²) in [6, 6.07) is 9.09. The minimum Gasteiger partial charge on any atom is -0.0651 e. The van der Waals surface area contributed by atoms with Crippen LogP contribution in [0.15, 0.2) is 24.3 Å². The topological polar surface area (TPSA) is 0 Å². The molecular formula is C16H24. The summed E-state index contributed by atoms with van der Waals surface area (Å²) in [7, 11) is 0. The molecule has 2 rings (SSSR count). The van der Waals surface area contributed by atoms with Crippen molar-refractivity contribution in [1.29, 1.82) is 0 Å². The normalized spacial score (nSPS) is 30.9. The zero-order chi connectivity index (χ0) is 11.7. The lowest BCUT2D eigenvalue weighted by Gasteiger charge is -2.37. The van der Waals surface area contributed by atoms with Crippen LogP contribution in [-0.4, -0.2) is 0 Å². The Morgan fingerprint density at radius 3 is 2.44 bits per heavy atom. The zero-order valence-corrected chi connectivity index (χ0v) is 11.0. The molecule has 1 aromatic carbocycles. The van der Waals surface area contributed by atoms with Crippen molar-refractivity contribution in [2.75, 3.05) is 0 Å². The van der Waals surface area contributed by atoms with E-state index >= 15 is 0 Å². The van der Waals surface area contributed by atoms with Gasteiger partial charge in [-0.05, 0) is 41.2 Å². The van der Waals surface area contributed by atoms with Crippen molar-refractivity contribution in [3.05, 3.63) is 35.4 Å². The number of rotatable bonds is 2. The molecule has 0 N–H and O–H groups in total. The molecule has 0 aromatic heterocycles. The minimum atomic E-state index is 0.733. The molecule has 0 aliphatic heterocycles. The predicted molar refractivity (Wildman–Crippen MR) is 70.8 cm³/mol. The maximum atomic E-state index is 2.41. The highest BCUT2D eigenvalue weighted by Gasteiger charge is 2.31. The van der Waals surface area contributed by atoms with Gasteiger partial charge in [0.2, 0.25) is 0 Å². The summed E-state index contributed by atoms with van der Waals surface area (Å²) >= 11 is 0. The van der Waals surface area contributed by atoms with Crippen LogP contribution < -0.4 is 0 Å². The Balaban J connectivity index is 2.40. The number of benzene rings is 1. The Morgan fingerprint density at radius 1 is 1.19 bits per heavy atom. The third-order valence-electron chi connectivity index (χ3n) is 4.70. The van der Waals surface area contributed by atoms with Gasteiger partial charge in [0.15, 0.2) is 0 Å². The lowest BCUT2D eigenvalue weighted by atomic mass is 9.67. The van der Waals surface area contributed by atoms with E-state index in [2.05, 4.69) is 52.0 Å². The van der Waals surface area contributed by atoms with Crippen LogP contribution in [0.25, 0.3) is 0 Å². The molecule has 4 atom stereocenters. The van der Waals surface area contributed by atoms with E-state index in [1.54, 1.807) is 11.1 Å². The molecule has 0 saturated heterocycles. The Hall–Kier alpha value is -0.780. The maximum Gasteiger partial charge on any atom is -0.0131 e. The SMILES string of the molecule is CCC(C)C1C[C@H](C)[C@H](C)c2ccccc21. The summed E-state index contributed by atoms with van der Waals surface area (Å²) in [5, 5.41) is 0. The lowest BCUT2D eigenvalue weighted by molar-refractivity contribution is 0.311. The summed E-state index contributed by atoms with van der Waals surface area (Å²) in [5.74, 6) is 3.16. The fraction of sp³-hybridized carbons (Fsp3) is 0.625. The maximum absolute atomic E-state index is 2.41. The van der Waals surface area contributed by atoms with E-state index in [9.17, 15) is 0 Å². The molecule has 0 saturated carbocycles. The van der Waals surface area contributed by atoms with Crippen LogP contribution >= 0.6 is 0 Å². The van der Waals surface area contributed by atoms with Crippen LogP contribution in [0, 0.1) is 11.8 Å². The molecule has 0 amide bonds. The molecule has 0 fully saturated rings. The smallest absolute Gasteiger partial charge is 0.0131 e. The molecule has 0 bridgehead atoms. The number of hydrogen-bond acceptors (Lipinski definition) is 0. The van der Waals surface area contributed by atoms with Gasteiger partial charge in [0.05, 0.1) is 0 Å². The van der Waals surface area contributed by atoms with E-state index in [-0.39, 0.29) is 0 Å². The molecule has 0 heteroatoms. The molecule has 0 spiro atoms. The molecule has 0 radical (unpaired) electrons. The third kappa shape index (κ3) is 1.90. The van der Waals surface area contributed by atoms with Gasteiger partial charge in [0.25, 0.3) is 0 Å². The van der Waals surface area contributed by atoms with Crippen LogP contribution in [-0.2, 0) is 0 Å². The van der Waals surface area contributed by atoms with Crippen molar-refractivity contribution in [3.63, 3.8) is 0 Å². The van der Waals surface area contributed by atoms with Crippen LogP contribution in [0.1, 0.15) is 63.5 Å². The van der Waals surface area contributed by atoms with Crippen molar-refractivity contribution in [1.82, 2.24) is 0 Å². The molecule has 0 heterocycles. The Labute approximate surface area is 100 Å². The molecule has 1 aromatic rings. The van der Waals surface area contributed by atoms with Crippen LogP contribution in [0.3, 0.4) is 0 Å². The summed E-state index contributed by atoms with van der Waals surface area (Å²) < 4.78 is 0. The Bertz CT molecular complexity index is 353. The minimum absolute atomic E-state index is 0.733. The van der Waals surface area contributed by atoms with Crippen molar-refractivity contribution in [2.45, 2.75) is 52.4 Å². The molecule has 88 valence electrons. The van der Waals surface area contributed by atoms with Gasteiger partial charge in [-0.2, -0.15) is 0 Å². The van der Waals surface area contributed by atoms with Crippen molar-refractivity contribution >= 4 is 0 Å². The van der Waals surface area contributed by atoms with Crippen LogP contribution in [0.2, 0.25) is 0 Å². The van der Waals surface area contributed by atoms with Gasteiger partial charge in [-0.3, -0.25) is 0 Å². The van der Waals surface area contributed by atoms with Gasteiger partial charge >= 0.3 is 0 Å². The summed E-state index contributed by atoms with van der Waals surface area (Å²) in [5.41, 5.74) is 3.23. The number of hydrogen-bond donors (Lipinski definition) is 0. The highest BCUT2D eigenvalue weighted by Crippen LogP contribution is 2.45. The lowest BCUT2D eigenvalue weighted by Crippen LogP contribution is -2.23. The molecule has 1 aliphatic carbocycles. The van der Waals surface area contributed by atoms with Gasteiger partial charge < -0.3 is 0 Å². The van der Waals surface area contributed by atoms with Gasteiger partial charge in [-0.15, -0.1) is 0 Å². The average molecular weight is 216 g/mol.